The van der Waals surface area contributed by atoms with Gasteiger partial charge in [0.05, 0.1) is 15.6 Å². The van der Waals surface area contributed by atoms with Crippen LogP contribution in [0, 0.1) is 17.0 Å². The van der Waals surface area contributed by atoms with E-state index in [9.17, 15) is 14.9 Å². The molecule has 0 aliphatic carbocycles. The maximum atomic E-state index is 12.1. The second-order valence-electron chi connectivity index (χ2n) is 4.30. The Kier molecular flexibility index (Phi) is 4.45. The van der Waals surface area contributed by atoms with Crippen LogP contribution in [-0.4, -0.2) is 10.8 Å². The number of rotatable bonds is 3. The standard InChI is InChI=1S/C14H10Cl2N2O3/c1-8-11(15)5-6-12(13(8)16)17-14(19)9-3-2-4-10(7-9)18(20)21/h2-7H,1H3,(H,17,19). The first-order chi connectivity index (χ1) is 9.90. The number of hydrogen-bond donors (Lipinski definition) is 1. The zero-order valence-corrected chi connectivity index (χ0v) is 12.4. The Hall–Kier alpha value is -2.11. The minimum atomic E-state index is -0.559. The first kappa shape index (κ1) is 15.3. The number of halogens is 2. The predicted molar refractivity (Wildman–Crippen MR) is 82.2 cm³/mol. The number of hydrogen-bond acceptors (Lipinski definition) is 3. The minimum Gasteiger partial charge on any atom is -0.321 e. The fourth-order valence-electron chi connectivity index (χ4n) is 1.71. The summed E-state index contributed by atoms with van der Waals surface area (Å²) in [6, 6.07) is 8.64. The number of anilines is 1. The van der Waals surface area contributed by atoms with Crippen LogP contribution in [0.1, 0.15) is 15.9 Å². The summed E-state index contributed by atoms with van der Waals surface area (Å²) in [6.07, 6.45) is 0. The summed E-state index contributed by atoms with van der Waals surface area (Å²) in [6.45, 7) is 1.73. The van der Waals surface area contributed by atoms with Gasteiger partial charge in [-0.1, -0.05) is 29.3 Å². The third-order valence-electron chi connectivity index (χ3n) is 2.89. The van der Waals surface area contributed by atoms with E-state index < -0.39 is 10.8 Å². The summed E-state index contributed by atoms with van der Waals surface area (Å²) in [4.78, 5) is 22.3. The summed E-state index contributed by atoms with van der Waals surface area (Å²) in [5.74, 6) is -0.484. The first-order valence-electron chi connectivity index (χ1n) is 5.90. The van der Waals surface area contributed by atoms with Crippen molar-refractivity contribution in [2.45, 2.75) is 6.92 Å². The molecule has 2 aromatic carbocycles. The van der Waals surface area contributed by atoms with Crippen molar-refractivity contribution < 1.29 is 9.72 Å². The summed E-state index contributed by atoms with van der Waals surface area (Å²) in [7, 11) is 0. The van der Waals surface area contributed by atoms with Gasteiger partial charge in [0.1, 0.15) is 0 Å². The monoisotopic (exact) mass is 324 g/mol. The quantitative estimate of drug-likeness (QED) is 0.669. The Morgan fingerprint density at radius 1 is 1.24 bits per heavy atom. The first-order valence-corrected chi connectivity index (χ1v) is 6.66. The minimum absolute atomic E-state index is 0.152. The van der Waals surface area contributed by atoms with Crippen molar-refractivity contribution in [2.24, 2.45) is 0 Å². The molecule has 0 bridgehead atoms. The summed E-state index contributed by atoms with van der Waals surface area (Å²) in [5, 5.41) is 14.1. The molecule has 0 saturated heterocycles. The molecule has 0 aromatic heterocycles. The Balaban J connectivity index is 2.28. The van der Waals surface area contributed by atoms with E-state index in [1.807, 2.05) is 0 Å². The van der Waals surface area contributed by atoms with Crippen LogP contribution in [0.15, 0.2) is 36.4 Å². The van der Waals surface area contributed by atoms with Crippen molar-refractivity contribution in [2.75, 3.05) is 5.32 Å². The summed E-state index contributed by atoms with van der Waals surface area (Å²) in [5.41, 5.74) is 1.07. The Morgan fingerprint density at radius 2 is 1.95 bits per heavy atom. The molecule has 0 heterocycles. The predicted octanol–water partition coefficient (Wildman–Crippen LogP) is 4.46. The van der Waals surface area contributed by atoms with Crippen LogP contribution in [0.3, 0.4) is 0 Å². The van der Waals surface area contributed by atoms with Gasteiger partial charge >= 0.3 is 0 Å². The maximum Gasteiger partial charge on any atom is 0.270 e. The Labute approximate surface area is 130 Å². The zero-order chi connectivity index (χ0) is 15.6. The van der Waals surface area contributed by atoms with E-state index in [1.54, 1.807) is 19.1 Å². The summed E-state index contributed by atoms with van der Waals surface area (Å²) < 4.78 is 0. The second-order valence-corrected chi connectivity index (χ2v) is 5.08. The lowest BCUT2D eigenvalue weighted by Gasteiger charge is -2.10. The van der Waals surface area contributed by atoms with Crippen molar-refractivity contribution in [3.05, 3.63) is 67.7 Å². The molecule has 1 N–H and O–H groups in total. The third-order valence-corrected chi connectivity index (χ3v) is 3.78. The number of amides is 1. The van der Waals surface area contributed by atoms with Crippen molar-refractivity contribution in [3.63, 3.8) is 0 Å². The normalized spacial score (nSPS) is 10.2. The van der Waals surface area contributed by atoms with E-state index in [4.69, 9.17) is 23.2 Å². The number of carbonyl (C=O) groups is 1. The molecule has 0 fully saturated rings. The zero-order valence-electron chi connectivity index (χ0n) is 10.9. The topological polar surface area (TPSA) is 72.2 Å². The molecular weight excluding hydrogens is 315 g/mol. The van der Waals surface area contributed by atoms with E-state index >= 15 is 0 Å². The molecule has 21 heavy (non-hydrogen) atoms. The number of non-ortho nitro benzene ring substituents is 1. The van der Waals surface area contributed by atoms with E-state index in [-0.39, 0.29) is 11.3 Å². The van der Waals surface area contributed by atoms with E-state index in [0.717, 1.165) is 0 Å². The Bertz CT molecular complexity index is 732. The molecule has 0 saturated carbocycles. The van der Waals surface area contributed by atoms with Crippen molar-refractivity contribution in [1.29, 1.82) is 0 Å². The van der Waals surface area contributed by atoms with E-state index in [1.165, 1.54) is 24.3 Å². The van der Waals surface area contributed by atoms with Crippen molar-refractivity contribution >= 4 is 40.5 Å². The maximum absolute atomic E-state index is 12.1. The number of nitrogens with zero attached hydrogens (tertiary/aromatic N) is 1. The van der Waals surface area contributed by atoms with Gasteiger partial charge in [0.25, 0.3) is 11.6 Å². The highest BCUT2D eigenvalue weighted by Crippen LogP contribution is 2.31. The van der Waals surface area contributed by atoms with Crippen LogP contribution in [0.4, 0.5) is 11.4 Å². The average molecular weight is 325 g/mol. The van der Waals surface area contributed by atoms with Gasteiger partial charge in [-0.25, -0.2) is 0 Å². The highest BCUT2D eigenvalue weighted by molar-refractivity contribution is 6.38. The fraction of sp³-hybridized carbons (Fsp3) is 0.0714. The molecule has 0 aliphatic rings. The molecule has 0 aliphatic heterocycles. The molecule has 7 heteroatoms. The summed E-state index contributed by atoms with van der Waals surface area (Å²) >= 11 is 12.0. The highest BCUT2D eigenvalue weighted by atomic mass is 35.5. The molecule has 5 nitrogen and oxygen atoms in total. The molecule has 1 amide bonds. The third kappa shape index (κ3) is 3.32. The molecule has 108 valence electrons. The van der Waals surface area contributed by atoms with Crippen molar-refractivity contribution in [1.82, 2.24) is 0 Å². The van der Waals surface area contributed by atoms with Crippen LogP contribution >= 0.6 is 23.2 Å². The number of nitro groups is 1. The van der Waals surface area contributed by atoms with Crippen molar-refractivity contribution in [3.8, 4) is 0 Å². The lowest BCUT2D eigenvalue weighted by molar-refractivity contribution is -0.384. The van der Waals surface area contributed by atoms with Gasteiger partial charge in [0, 0.05) is 22.7 Å². The van der Waals surface area contributed by atoms with Gasteiger partial charge in [-0.3, -0.25) is 14.9 Å². The molecule has 2 rings (SSSR count). The number of benzene rings is 2. The van der Waals surface area contributed by atoms with Crippen LogP contribution in [-0.2, 0) is 0 Å². The largest absolute Gasteiger partial charge is 0.321 e. The van der Waals surface area contributed by atoms with Gasteiger partial charge in [-0.15, -0.1) is 0 Å². The molecule has 0 radical (unpaired) electrons. The SMILES string of the molecule is Cc1c(Cl)ccc(NC(=O)c2cccc([N+](=O)[O-])c2)c1Cl. The fourth-order valence-corrected chi connectivity index (χ4v) is 2.13. The van der Waals surface area contributed by atoms with Crippen LogP contribution < -0.4 is 5.32 Å². The number of nitro benzene ring substituents is 1. The molecule has 2 aromatic rings. The van der Waals surface area contributed by atoms with Gasteiger partial charge in [0.15, 0.2) is 0 Å². The number of nitrogens with one attached hydrogen (secondary N) is 1. The van der Waals surface area contributed by atoms with E-state index in [0.29, 0.717) is 21.3 Å². The number of carbonyl (C=O) groups excluding carboxylic acids is 1. The molecule has 0 spiro atoms. The lowest BCUT2D eigenvalue weighted by atomic mass is 10.1. The van der Waals surface area contributed by atoms with Crippen LogP contribution in [0.2, 0.25) is 10.0 Å². The molecule has 0 unspecified atom stereocenters. The molecular formula is C14H10Cl2N2O3. The Morgan fingerprint density at radius 3 is 2.62 bits per heavy atom. The highest BCUT2D eigenvalue weighted by Gasteiger charge is 2.14. The average Bonchev–Trinajstić information content (AvgIpc) is 2.48. The van der Waals surface area contributed by atoms with Gasteiger partial charge < -0.3 is 5.32 Å². The lowest BCUT2D eigenvalue weighted by Crippen LogP contribution is -2.12. The van der Waals surface area contributed by atoms with Crippen LogP contribution in [0.25, 0.3) is 0 Å². The second kappa shape index (κ2) is 6.11. The molecule has 0 atom stereocenters. The van der Waals surface area contributed by atoms with Crippen LogP contribution in [0.5, 0.6) is 0 Å². The van der Waals surface area contributed by atoms with Gasteiger partial charge in [-0.2, -0.15) is 0 Å². The van der Waals surface area contributed by atoms with E-state index in [2.05, 4.69) is 5.32 Å². The van der Waals surface area contributed by atoms with Gasteiger partial charge in [0.2, 0.25) is 0 Å². The van der Waals surface area contributed by atoms with Gasteiger partial charge in [-0.05, 0) is 30.7 Å². The smallest absolute Gasteiger partial charge is 0.270 e.